The second-order valence-electron chi connectivity index (χ2n) is 2.66. The van der Waals surface area contributed by atoms with Gasteiger partial charge in [-0.25, -0.2) is 0 Å². The molecular formula is C6H14N2. The van der Waals surface area contributed by atoms with Gasteiger partial charge in [-0.3, -0.25) is 0 Å². The third-order valence-corrected chi connectivity index (χ3v) is 1.79. The molecule has 0 saturated heterocycles. The van der Waals surface area contributed by atoms with Crippen LogP contribution in [0.1, 0.15) is 6.42 Å². The summed E-state index contributed by atoms with van der Waals surface area (Å²) >= 11 is 0. The lowest BCUT2D eigenvalue weighted by molar-refractivity contribution is 0.384. The number of nitrogens with one attached hydrogen (secondary N) is 1. The van der Waals surface area contributed by atoms with Crippen molar-refractivity contribution in [1.29, 1.82) is 0 Å². The lowest BCUT2D eigenvalue weighted by Crippen LogP contribution is -2.23. The van der Waals surface area contributed by atoms with Crippen molar-refractivity contribution >= 4 is 0 Å². The van der Waals surface area contributed by atoms with Crippen molar-refractivity contribution in [2.24, 2.45) is 0 Å². The van der Waals surface area contributed by atoms with Crippen LogP contribution in [0.25, 0.3) is 0 Å². The fraction of sp³-hybridized carbons (Fsp3) is 1.00. The molecule has 0 aromatic carbocycles. The van der Waals surface area contributed by atoms with Crippen LogP contribution < -0.4 is 5.32 Å². The second-order valence-corrected chi connectivity index (χ2v) is 2.66. The predicted octanol–water partition coefficient (Wildman–Crippen LogP) is -0.0917. The van der Waals surface area contributed by atoms with Gasteiger partial charge >= 0.3 is 0 Å². The first kappa shape index (κ1) is 6.05. The van der Waals surface area contributed by atoms with Gasteiger partial charge in [-0.05, 0) is 27.6 Å². The van der Waals surface area contributed by atoms with Gasteiger partial charge in [0, 0.05) is 12.1 Å². The molecule has 0 bridgehead atoms. The molecule has 0 aromatic heterocycles. The Morgan fingerprint density at radius 1 is 1.50 bits per heavy atom. The van der Waals surface area contributed by atoms with Crippen LogP contribution in [0, 0.1) is 0 Å². The van der Waals surface area contributed by atoms with E-state index in [9.17, 15) is 0 Å². The fourth-order valence-corrected chi connectivity index (χ4v) is 1.06. The molecule has 0 aliphatic heterocycles. The highest BCUT2D eigenvalue weighted by Gasteiger charge is 2.36. The van der Waals surface area contributed by atoms with E-state index in [1.54, 1.807) is 0 Å². The van der Waals surface area contributed by atoms with Gasteiger partial charge in [-0.15, -0.1) is 0 Å². The van der Waals surface area contributed by atoms with E-state index in [1.807, 2.05) is 7.05 Å². The average molecular weight is 114 g/mol. The minimum absolute atomic E-state index is 0.769. The van der Waals surface area contributed by atoms with Crippen molar-refractivity contribution in [2.75, 3.05) is 21.1 Å². The van der Waals surface area contributed by atoms with E-state index in [0.717, 1.165) is 12.1 Å². The summed E-state index contributed by atoms with van der Waals surface area (Å²) in [4.78, 5) is 2.27. The summed E-state index contributed by atoms with van der Waals surface area (Å²) < 4.78 is 0. The molecule has 2 atom stereocenters. The first-order chi connectivity index (χ1) is 3.75. The molecule has 1 rings (SSSR count). The minimum Gasteiger partial charge on any atom is -0.315 e. The Bertz CT molecular complexity index is 80.6. The van der Waals surface area contributed by atoms with E-state index in [1.165, 1.54) is 6.42 Å². The maximum atomic E-state index is 3.23. The largest absolute Gasteiger partial charge is 0.315 e. The number of rotatable bonds is 2. The van der Waals surface area contributed by atoms with E-state index in [4.69, 9.17) is 0 Å². The smallest absolute Gasteiger partial charge is 0.0259 e. The highest BCUT2D eigenvalue weighted by Crippen LogP contribution is 2.24. The maximum Gasteiger partial charge on any atom is 0.0259 e. The van der Waals surface area contributed by atoms with Crippen LogP contribution in [-0.4, -0.2) is 38.1 Å². The average Bonchev–Trinajstić information content (AvgIpc) is 2.42. The molecule has 1 fully saturated rings. The highest BCUT2D eigenvalue weighted by atomic mass is 15.2. The van der Waals surface area contributed by atoms with E-state index in [0.29, 0.717) is 0 Å². The van der Waals surface area contributed by atoms with Crippen molar-refractivity contribution in [3.8, 4) is 0 Å². The van der Waals surface area contributed by atoms with Gasteiger partial charge in [-0.2, -0.15) is 0 Å². The van der Waals surface area contributed by atoms with Gasteiger partial charge in [-0.1, -0.05) is 0 Å². The molecule has 1 N–H and O–H groups in total. The molecule has 0 amide bonds. The lowest BCUT2D eigenvalue weighted by atomic mass is 10.6. The van der Waals surface area contributed by atoms with Crippen LogP contribution in [0.15, 0.2) is 0 Å². The van der Waals surface area contributed by atoms with E-state index < -0.39 is 0 Å². The quantitative estimate of drug-likeness (QED) is 0.539. The van der Waals surface area contributed by atoms with Crippen molar-refractivity contribution in [2.45, 2.75) is 18.5 Å². The number of hydrogen-bond acceptors (Lipinski definition) is 2. The van der Waals surface area contributed by atoms with Crippen molar-refractivity contribution in [3.63, 3.8) is 0 Å². The summed E-state index contributed by atoms with van der Waals surface area (Å²) in [5.41, 5.74) is 0. The molecule has 0 radical (unpaired) electrons. The first-order valence-electron chi connectivity index (χ1n) is 3.09. The fourth-order valence-electron chi connectivity index (χ4n) is 1.06. The van der Waals surface area contributed by atoms with Crippen LogP contribution in [0.3, 0.4) is 0 Å². The molecule has 1 aliphatic carbocycles. The third-order valence-electron chi connectivity index (χ3n) is 1.79. The molecule has 8 heavy (non-hydrogen) atoms. The zero-order chi connectivity index (χ0) is 6.15. The van der Waals surface area contributed by atoms with E-state index in [2.05, 4.69) is 24.3 Å². The van der Waals surface area contributed by atoms with Crippen LogP contribution in [0.5, 0.6) is 0 Å². The summed E-state index contributed by atoms with van der Waals surface area (Å²) in [6.07, 6.45) is 1.32. The second kappa shape index (κ2) is 2.03. The predicted molar refractivity (Wildman–Crippen MR) is 34.9 cm³/mol. The Balaban J connectivity index is 2.16. The topological polar surface area (TPSA) is 15.3 Å². The molecule has 48 valence electrons. The molecule has 0 heterocycles. The summed E-state index contributed by atoms with van der Waals surface area (Å²) in [5, 5.41) is 3.23. The number of hydrogen-bond donors (Lipinski definition) is 1. The Labute approximate surface area is 50.9 Å². The van der Waals surface area contributed by atoms with Crippen LogP contribution in [0.2, 0.25) is 0 Å². The zero-order valence-corrected chi connectivity index (χ0v) is 5.81. The Morgan fingerprint density at radius 2 is 2.12 bits per heavy atom. The molecule has 2 heteroatoms. The molecule has 2 nitrogen and oxygen atoms in total. The Hall–Kier alpha value is -0.0800. The first-order valence-corrected chi connectivity index (χ1v) is 3.09. The molecule has 0 spiro atoms. The number of nitrogens with zero attached hydrogens (tertiary/aromatic N) is 1. The van der Waals surface area contributed by atoms with Gasteiger partial charge in [0.2, 0.25) is 0 Å². The van der Waals surface area contributed by atoms with Crippen LogP contribution >= 0.6 is 0 Å². The van der Waals surface area contributed by atoms with Gasteiger partial charge < -0.3 is 10.2 Å². The molecule has 2 unspecified atom stereocenters. The summed E-state index contributed by atoms with van der Waals surface area (Å²) in [5.74, 6) is 0. The van der Waals surface area contributed by atoms with Gasteiger partial charge in [0.25, 0.3) is 0 Å². The van der Waals surface area contributed by atoms with Crippen molar-refractivity contribution in [3.05, 3.63) is 0 Å². The third kappa shape index (κ3) is 1.01. The van der Waals surface area contributed by atoms with Crippen molar-refractivity contribution < 1.29 is 0 Å². The SMILES string of the molecule is CNC1CC1N(C)C. The summed E-state index contributed by atoms with van der Waals surface area (Å²) in [6, 6.07) is 1.57. The molecular weight excluding hydrogens is 100 g/mol. The maximum absolute atomic E-state index is 3.23. The van der Waals surface area contributed by atoms with E-state index >= 15 is 0 Å². The van der Waals surface area contributed by atoms with Crippen LogP contribution in [0.4, 0.5) is 0 Å². The van der Waals surface area contributed by atoms with Crippen molar-refractivity contribution in [1.82, 2.24) is 10.2 Å². The Morgan fingerprint density at radius 3 is 2.25 bits per heavy atom. The van der Waals surface area contributed by atoms with E-state index in [-0.39, 0.29) is 0 Å². The number of likely N-dealkylation sites (N-methyl/N-ethyl adjacent to an activating group) is 2. The monoisotopic (exact) mass is 114 g/mol. The minimum atomic E-state index is 0.769. The van der Waals surface area contributed by atoms with Crippen LogP contribution in [-0.2, 0) is 0 Å². The Kier molecular flexibility index (Phi) is 1.54. The van der Waals surface area contributed by atoms with Gasteiger partial charge in [0.15, 0.2) is 0 Å². The molecule has 1 saturated carbocycles. The standard InChI is InChI=1S/C6H14N2/c1-7-5-4-6(5)8(2)3/h5-7H,4H2,1-3H3. The van der Waals surface area contributed by atoms with Gasteiger partial charge in [0.1, 0.15) is 0 Å². The summed E-state index contributed by atoms with van der Waals surface area (Å²) in [7, 11) is 6.28. The highest BCUT2D eigenvalue weighted by molar-refractivity contribution is 4.98. The van der Waals surface area contributed by atoms with Gasteiger partial charge in [0.05, 0.1) is 0 Å². The lowest BCUT2D eigenvalue weighted by Gasteiger charge is -2.06. The summed E-state index contributed by atoms with van der Waals surface area (Å²) in [6.45, 7) is 0. The molecule has 0 aromatic rings. The normalized spacial score (nSPS) is 36.0. The molecule has 1 aliphatic rings. The zero-order valence-electron chi connectivity index (χ0n) is 5.81.